The number of carbonyl (C=O) groups excluding carboxylic acids is 1. The van der Waals surface area contributed by atoms with Gasteiger partial charge in [0.05, 0.1) is 23.7 Å². The Labute approximate surface area is 188 Å². The molecule has 3 N–H and O–H groups in total. The number of nitrogens with one attached hydrogen (secondary N) is 3. The second kappa shape index (κ2) is 9.30. The highest BCUT2D eigenvalue weighted by molar-refractivity contribution is 5.87. The van der Waals surface area contributed by atoms with Crippen LogP contribution in [0.4, 0.5) is 0 Å². The molecule has 0 amide bonds. The average Bonchev–Trinajstić information content (AvgIpc) is 3.43. The van der Waals surface area contributed by atoms with E-state index >= 15 is 0 Å². The summed E-state index contributed by atoms with van der Waals surface area (Å²) in [5, 5.41) is 15.3. The molecule has 32 heavy (non-hydrogen) atoms. The zero-order valence-corrected chi connectivity index (χ0v) is 19.2. The zero-order chi connectivity index (χ0) is 22.7. The molecule has 1 aromatic heterocycles. The van der Waals surface area contributed by atoms with E-state index in [2.05, 4.69) is 65.9 Å². The van der Waals surface area contributed by atoms with E-state index in [1.54, 1.807) is 0 Å². The maximum absolute atomic E-state index is 11.7. The van der Waals surface area contributed by atoms with Crippen molar-refractivity contribution in [2.45, 2.75) is 57.8 Å². The highest BCUT2D eigenvalue weighted by Gasteiger charge is 2.30. The standard InChI is InChI=1S/C25H32N4O3/c1-25(2,3)17-10-8-16(9-11-17)15-32-22-7-5-6-19-23(22)21(29-28-19)14-26-18-12-20(27-13-18)24(30)31-4/h5-11,18,20,26-27H,12-15H2,1-4H3,(H,28,29)/t18-,20-/m0/s1. The smallest absolute Gasteiger partial charge is 0.322 e. The number of nitrogens with zero attached hydrogens (tertiary/aromatic N) is 1. The SMILES string of the molecule is COC(=O)[C@@H]1C[C@H](NCc2[nH]nc3cccc(OCc4ccc(C(C)(C)C)cc4)c23)CN1. The summed E-state index contributed by atoms with van der Waals surface area (Å²) in [6.07, 6.45) is 0.701. The average molecular weight is 437 g/mol. The fraction of sp³-hybridized carbons (Fsp3) is 0.440. The van der Waals surface area contributed by atoms with E-state index < -0.39 is 0 Å². The first-order valence-electron chi connectivity index (χ1n) is 11.1. The van der Waals surface area contributed by atoms with Crippen LogP contribution in [-0.2, 0) is 28.1 Å². The summed E-state index contributed by atoms with van der Waals surface area (Å²) >= 11 is 0. The number of esters is 1. The maximum atomic E-state index is 11.7. The van der Waals surface area contributed by atoms with Crippen LogP contribution in [-0.4, -0.2) is 41.9 Å². The van der Waals surface area contributed by atoms with Crippen molar-refractivity contribution in [3.05, 3.63) is 59.3 Å². The molecule has 0 radical (unpaired) electrons. The van der Waals surface area contributed by atoms with Crippen LogP contribution in [0.1, 0.15) is 44.0 Å². The van der Waals surface area contributed by atoms with Crippen LogP contribution in [0.25, 0.3) is 10.9 Å². The summed E-state index contributed by atoms with van der Waals surface area (Å²) < 4.78 is 11.0. The molecule has 2 heterocycles. The molecular weight excluding hydrogens is 404 g/mol. The molecule has 0 saturated carbocycles. The second-order valence-corrected chi connectivity index (χ2v) is 9.39. The lowest BCUT2D eigenvalue weighted by Crippen LogP contribution is -2.31. The topological polar surface area (TPSA) is 88.3 Å². The minimum atomic E-state index is -0.250. The number of aromatic nitrogens is 2. The number of ether oxygens (including phenoxy) is 2. The van der Waals surface area contributed by atoms with Crippen LogP contribution in [0.5, 0.6) is 5.75 Å². The van der Waals surface area contributed by atoms with E-state index in [0.29, 0.717) is 19.6 Å². The van der Waals surface area contributed by atoms with Gasteiger partial charge in [0.2, 0.25) is 0 Å². The van der Waals surface area contributed by atoms with Gasteiger partial charge in [-0.15, -0.1) is 0 Å². The first-order chi connectivity index (χ1) is 15.3. The third-order valence-electron chi connectivity index (χ3n) is 6.02. The molecule has 0 spiro atoms. The third-order valence-corrected chi connectivity index (χ3v) is 6.02. The minimum absolute atomic E-state index is 0.134. The lowest BCUT2D eigenvalue weighted by Gasteiger charge is -2.19. The highest BCUT2D eigenvalue weighted by Crippen LogP contribution is 2.29. The molecule has 1 saturated heterocycles. The Balaban J connectivity index is 1.42. The summed E-state index contributed by atoms with van der Waals surface area (Å²) in [4.78, 5) is 11.7. The van der Waals surface area contributed by atoms with E-state index in [4.69, 9.17) is 9.47 Å². The van der Waals surface area contributed by atoms with Crippen molar-refractivity contribution >= 4 is 16.9 Å². The van der Waals surface area contributed by atoms with Gasteiger partial charge in [-0.2, -0.15) is 5.10 Å². The Morgan fingerprint density at radius 1 is 1.19 bits per heavy atom. The fourth-order valence-electron chi connectivity index (χ4n) is 4.07. The van der Waals surface area contributed by atoms with Crippen LogP contribution >= 0.6 is 0 Å². The third kappa shape index (κ3) is 4.95. The van der Waals surface area contributed by atoms with E-state index in [1.807, 2.05) is 18.2 Å². The number of benzene rings is 2. The van der Waals surface area contributed by atoms with Crippen LogP contribution in [0, 0.1) is 0 Å². The number of hydrogen-bond acceptors (Lipinski definition) is 6. The maximum Gasteiger partial charge on any atom is 0.322 e. The number of H-pyrrole nitrogens is 1. The lowest BCUT2D eigenvalue weighted by molar-refractivity contribution is -0.142. The monoisotopic (exact) mass is 436 g/mol. The number of methoxy groups -OCH3 is 1. The molecule has 7 nitrogen and oxygen atoms in total. The quantitative estimate of drug-likeness (QED) is 0.492. The molecule has 170 valence electrons. The van der Waals surface area contributed by atoms with E-state index in [1.165, 1.54) is 12.7 Å². The van der Waals surface area contributed by atoms with E-state index in [-0.39, 0.29) is 23.5 Å². The predicted molar refractivity (Wildman–Crippen MR) is 125 cm³/mol. The summed E-state index contributed by atoms with van der Waals surface area (Å²) in [6.45, 7) is 8.47. The highest BCUT2D eigenvalue weighted by atomic mass is 16.5. The fourth-order valence-corrected chi connectivity index (χ4v) is 4.07. The van der Waals surface area contributed by atoms with Gasteiger partial charge in [0.15, 0.2) is 0 Å². The van der Waals surface area contributed by atoms with Crippen LogP contribution < -0.4 is 15.4 Å². The normalized spacial score (nSPS) is 18.8. The number of aromatic amines is 1. The molecule has 3 aromatic rings. The van der Waals surface area contributed by atoms with Crippen molar-refractivity contribution in [2.24, 2.45) is 0 Å². The Morgan fingerprint density at radius 2 is 1.97 bits per heavy atom. The number of hydrogen-bond donors (Lipinski definition) is 3. The Hall–Kier alpha value is -2.90. The molecule has 2 aromatic carbocycles. The van der Waals surface area contributed by atoms with Crippen molar-refractivity contribution < 1.29 is 14.3 Å². The van der Waals surface area contributed by atoms with Gasteiger partial charge in [-0.3, -0.25) is 9.89 Å². The van der Waals surface area contributed by atoms with Crippen molar-refractivity contribution in [3.8, 4) is 5.75 Å². The molecule has 1 aliphatic heterocycles. The number of fused-ring (bicyclic) bond motifs is 1. The predicted octanol–water partition coefficient (Wildman–Crippen LogP) is 3.43. The van der Waals surface area contributed by atoms with E-state index in [9.17, 15) is 4.79 Å². The molecular formula is C25H32N4O3. The second-order valence-electron chi connectivity index (χ2n) is 9.39. The zero-order valence-electron chi connectivity index (χ0n) is 19.2. The summed E-state index contributed by atoms with van der Waals surface area (Å²) in [5.41, 5.74) is 4.42. The molecule has 2 atom stereocenters. The van der Waals surface area contributed by atoms with Gasteiger partial charge < -0.3 is 20.1 Å². The molecule has 7 heteroatoms. The minimum Gasteiger partial charge on any atom is -0.488 e. The van der Waals surface area contributed by atoms with Gasteiger partial charge in [0.1, 0.15) is 18.4 Å². The van der Waals surface area contributed by atoms with Crippen LogP contribution in [0.3, 0.4) is 0 Å². The van der Waals surface area contributed by atoms with Crippen molar-refractivity contribution in [1.82, 2.24) is 20.8 Å². The van der Waals surface area contributed by atoms with Gasteiger partial charge in [0, 0.05) is 19.1 Å². The van der Waals surface area contributed by atoms with Gasteiger partial charge in [0.25, 0.3) is 0 Å². The van der Waals surface area contributed by atoms with Gasteiger partial charge in [-0.05, 0) is 35.1 Å². The largest absolute Gasteiger partial charge is 0.488 e. The van der Waals surface area contributed by atoms with Crippen molar-refractivity contribution in [2.75, 3.05) is 13.7 Å². The Morgan fingerprint density at radius 3 is 2.69 bits per heavy atom. The van der Waals surface area contributed by atoms with Gasteiger partial charge in [-0.25, -0.2) is 0 Å². The van der Waals surface area contributed by atoms with Crippen molar-refractivity contribution in [1.29, 1.82) is 0 Å². The van der Waals surface area contributed by atoms with Gasteiger partial charge >= 0.3 is 5.97 Å². The van der Waals surface area contributed by atoms with Crippen LogP contribution in [0.2, 0.25) is 0 Å². The lowest BCUT2D eigenvalue weighted by atomic mass is 9.87. The molecule has 0 bridgehead atoms. The molecule has 4 rings (SSSR count). The molecule has 1 aliphatic rings. The number of carbonyl (C=O) groups is 1. The molecule has 1 fully saturated rings. The van der Waals surface area contributed by atoms with Gasteiger partial charge in [-0.1, -0.05) is 51.1 Å². The van der Waals surface area contributed by atoms with Crippen molar-refractivity contribution in [3.63, 3.8) is 0 Å². The Kier molecular flexibility index (Phi) is 6.48. The Bertz CT molecular complexity index is 1070. The first-order valence-corrected chi connectivity index (χ1v) is 11.1. The summed E-state index contributed by atoms with van der Waals surface area (Å²) in [6, 6.07) is 14.5. The summed E-state index contributed by atoms with van der Waals surface area (Å²) in [7, 11) is 1.42. The van der Waals surface area contributed by atoms with E-state index in [0.717, 1.165) is 34.5 Å². The molecule has 0 unspecified atom stereocenters. The number of rotatable bonds is 7. The summed E-state index contributed by atoms with van der Waals surface area (Å²) in [5.74, 6) is 0.595. The molecule has 0 aliphatic carbocycles. The first kappa shape index (κ1) is 22.3. The van der Waals surface area contributed by atoms with Crippen LogP contribution in [0.15, 0.2) is 42.5 Å².